The Bertz CT molecular complexity index is 3000. The molecule has 0 atom stereocenters. The highest BCUT2D eigenvalue weighted by Crippen LogP contribution is 2.40. The molecular weight excluding hydrogens is 613 g/mol. The first-order valence-electron chi connectivity index (χ1n) is 16.5. The quantitative estimate of drug-likeness (QED) is 0.180. The van der Waals surface area contributed by atoms with Crippen molar-refractivity contribution in [3.8, 4) is 39.5 Å². The maximum Gasteiger partial charge on any atom is 0.187 e. The molecule has 5 heteroatoms. The van der Waals surface area contributed by atoms with Crippen LogP contribution in [0.25, 0.3) is 99.0 Å². The molecule has 0 unspecified atom stereocenters. The van der Waals surface area contributed by atoms with E-state index in [1.807, 2.05) is 60.7 Å². The first-order valence-corrected chi connectivity index (χ1v) is 16.5. The number of aromatic nitrogens is 3. The highest BCUT2D eigenvalue weighted by molar-refractivity contribution is 6.14. The lowest BCUT2D eigenvalue weighted by atomic mass is 9.99. The van der Waals surface area contributed by atoms with Crippen molar-refractivity contribution < 1.29 is 4.42 Å². The number of hydrogen-bond donors (Lipinski definition) is 0. The summed E-state index contributed by atoms with van der Waals surface area (Å²) in [6.45, 7) is 7.56. The molecule has 0 aliphatic rings. The summed E-state index contributed by atoms with van der Waals surface area (Å²) in [5.41, 5.74) is 11.3. The molecule has 3 aromatic heterocycles. The molecule has 232 valence electrons. The van der Waals surface area contributed by atoms with Gasteiger partial charge in [0.25, 0.3) is 0 Å². The van der Waals surface area contributed by atoms with Gasteiger partial charge in [0.2, 0.25) is 0 Å². The first-order chi connectivity index (χ1) is 24.7. The van der Waals surface area contributed by atoms with E-state index in [-0.39, 0.29) is 0 Å². The third-order valence-electron chi connectivity index (χ3n) is 9.61. The Morgan fingerprint density at radius 1 is 0.520 bits per heavy atom. The number of fused-ring (bicyclic) bond motifs is 7. The van der Waals surface area contributed by atoms with Crippen molar-refractivity contribution in [1.82, 2.24) is 14.5 Å². The summed E-state index contributed by atoms with van der Waals surface area (Å²) in [5, 5.41) is 5.35. The average Bonchev–Trinajstić information content (AvgIpc) is 3.73. The van der Waals surface area contributed by atoms with Crippen LogP contribution in [0.4, 0.5) is 5.69 Å². The Labute approximate surface area is 287 Å². The molecule has 50 heavy (non-hydrogen) atoms. The van der Waals surface area contributed by atoms with E-state index in [4.69, 9.17) is 21.0 Å². The summed E-state index contributed by atoms with van der Waals surface area (Å²) in [6.07, 6.45) is 0. The van der Waals surface area contributed by atoms with E-state index >= 15 is 0 Å². The van der Waals surface area contributed by atoms with Gasteiger partial charge in [0.15, 0.2) is 11.5 Å². The van der Waals surface area contributed by atoms with Gasteiger partial charge in [-0.25, -0.2) is 14.8 Å². The molecule has 0 saturated heterocycles. The van der Waals surface area contributed by atoms with E-state index < -0.39 is 0 Å². The molecule has 10 rings (SSSR count). The molecule has 0 amide bonds. The second-order valence-corrected chi connectivity index (χ2v) is 12.5. The van der Waals surface area contributed by atoms with Crippen molar-refractivity contribution in [1.29, 1.82) is 0 Å². The largest absolute Gasteiger partial charge is 0.456 e. The van der Waals surface area contributed by atoms with Crippen LogP contribution in [-0.4, -0.2) is 14.5 Å². The Morgan fingerprint density at radius 3 is 2.14 bits per heavy atom. The molecule has 0 radical (unpaired) electrons. The van der Waals surface area contributed by atoms with E-state index in [9.17, 15) is 0 Å². The molecule has 10 aromatic rings. The first kappa shape index (κ1) is 28.0. The van der Waals surface area contributed by atoms with Crippen LogP contribution in [-0.2, 0) is 0 Å². The fourth-order valence-corrected chi connectivity index (χ4v) is 7.34. The Hall–Kier alpha value is -7.03. The fraction of sp³-hybridized carbons (Fsp3) is 0. The molecular formula is C45H26N4O. The lowest BCUT2D eigenvalue weighted by Crippen LogP contribution is -1.95. The zero-order chi connectivity index (χ0) is 33.2. The van der Waals surface area contributed by atoms with Crippen LogP contribution in [0.5, 0.6) is 0 Å². The maximum absolute atomic E-state index is 7.56. The minimum absolute atomic E-state index is 0.574. The van der Waals surface area contributed by atoms with Crippen molar-refractivity contribution in [3.63, 3.8) is 0 Å². The molecule has 3 heterocycles. The van der Waals surface area contributed by atoms with Gasteiger partial charge in [-0.05, 0) is 77.4 Å². The summed E-state index contributed by atoms with van der Waals surface area (Å²) in [4.78, 5) is 13.9. The summed E-state index contributed by atoms with van der Waals surface area (Å²) in [7, 11) is 0. The number of nitrogens with zero attached hydrogens (tertiary/aromatic N) is 4. The highest BCUT2D eigenvalue weighted by atomic mass is 16.3. The Kier molecular flexibility index (Phi) is 6.17. The Balaban J connectivity index is 1.17. The number of rotatable bonds is 4. The summed E-state index contributed by atoms with van der Waals surface area (Å²) in [5.74, 6) is 0.612. The van der Waals surface area contributed by atoms with Gasteiger partial charge in [0.1, 0.15) is 11.2 Å². The standard InChI is InChI=1S/C45H26N4O/c1-46-31-12-9-11-30(25-31)44-34-16-5-7-18-38(34)47-45(48-44)35-17-10-20-42-43(35)37-27-29(22-24-41(37)50-42)28-21-23-40-36(26-28)33-15-6-8-19-39(33)49(40)32-13-3-2-4-14-32/h2-27H. The number of furan rings is 1. The summed E-state index contributed by atoms with van der Waals surface area (Å²) >= 11 is 0. The topological polar surface area (TPSA) is 48.2 Å². The molecule has 0 bridgehead atoms. The van der Waals surface area contributed by atoms with Crippen molar-refractivity contribution in [2.75, 3.05) is 0 Å². The molecule has 7 aromatic carbocycles. The van der Waals surface area contributed by atoms with Crippen molar-refractivity contribution in [3.05, 3.63) is 169 Å². The van der Waals surface area contributed by atoms with Crippen molar-refractivity contribution >= 4 is 60.3 Å². The van der Waals surface area contributed by atoms with Crippen LogP contribution >= 0.6 is 0 Å². The van der Waals surface area contributed by atoms with Crippen molar-refractivity contribution in [2.45, 2.75) is 0 Å². The van der Waals surface area contributed by atoms with Gasteiger partial charge in [-0.15, -0.1) is 0 Å². The number of hydrogen-bond acceptors (Lipinski definition) is 3. The van der Waals surface area contributed by atoms with Gasteiger partial charge in [0.05, 0.1) is 28.8 Å². The van der Waals surface area contributed by atoms with Crippen LogP contribution in [0.3, 0.4) is 0 Å². The molecule has 0 fully saturated rings. The number of para-hydroxylation sites is 3. The van der Waals surface area contributed by atoms with Crippen LogP contribution < -0.4 is 0 Å². The third kappa shape index (κ3) is 4.33. The second-order valence-electron chi connectivity index (χ2n) is 12.5. The van der Waals surface area contributed by atoms with E-state index in [0.29, 0.717) is 11.5 Å². The minimum atomic E-state index is 0.574. The van der Waals surface area contributed by atoms with Gasteiger partial charge in [0, 0.05) is 38.2 Å². The smallest absolute Gasteiger partial charge is 0.187 e. The van der Waals surface area contributed by atoms with E-state index in [1.54, 1.807) is 0 Å². The molecule has 0 aliphatic heterocycles. The monoisotopic (exact) mass is 638 g/mol. The Morgan fingerprint density at radius 2 is 1.26 bits per heavy atom. The van der Waals surface area contributed by atoms with E-state index in [0.717, 1.165) is 66.5 Å². The predicted molar refractivity (Wildman–Crippen MR) is 204 cm³/mol. The van der Waals surface area contributed by atoms with Crippen molar-refractivity contribution in [2.24, 2.45) is 0 Å². The fourth-order valence-electron chi connectivity index (χ4n) is 7.34. The van der Waals surface area contributed by atoms with Gasteiger partial charge >= 0.3 is 0 Å². The van der Waals surface area contributed by atoms with E-state index in [1.165, 1.54) is 21.8 Å². The van der Waals surface area contributed by atoms with Gasteiger partial charge in [-0.2, -0.15) is 0 Å². The van der Waals surface area contributed by atoms with Gasteiger partial charge in [-0.3, -0.25) is 0 Å². The zero-order valence-corrected chi connectivity index (χ0v) is 26.7. The average molecular weight is 639 g/mol. The van der Waals surface area contributed by atoms with Crippen LogP contribution in [0, 0.1) is 6.57 Å². The molecule has 5 nitrogen and oxygen atoms in total. The summed E-state index contributed by atoms with van der Waals surface area (Å²) < 4.78 is 8.76. The van der Waals surface area contributed by atoms with Gasteiger partial charge in [-0.1, -0.05) is 97.1 Å². The second kappa shape index (κ2) is 11.0. The zero-order valence-electron chi connectivity index (χ0n) is 26.7. The normalized spacial score (nSPS) is 11.6. The minimum Gasteiger partial charge on any atom is -0.456 e. The van der Waals surface area contributed by atoms with Crippen LogP contribution in [0.1, 0.15) is 0 Å². The molecule has 0 aliphatic carbocycles. The predicted octanol–water partition coefficient (Wildman–Crippen LogP) is 12.2. The lowest BCUT2D eigenvalue weighted by molar-refractivity contribution is 0.669. The molecule has 0 N–H and O–H groups in total. The molecule has 0 spiro atoms. The summed E-state index contributed by atoms with van der Waals surface area (Å²) in [6, 6.07) is 54.0. The number of benzene rings is 7. The van der Waals surface area contributed by atoms with Crippen LogP contribution in [0.2, 0.25) is 0 Å². The van der Waals surface area contributed by atoms with Crippen LogP contribution in [0.15, 0.2) is 162 Å². The van der Waals surface area contributed by atoms with Gasteiger partial charge < -0.3 is 8.98 Å². The lowest BCUT2D eigenvalue weighted by Gasteiger charge is -2.10. The SMILES string of the molecule is [C-]#[N+]c1cccc(-c2nc(-c3cccc4oc5ccc(-c6ccc7c(c6)c6ccccc6n7-c6ccccc6)cc5c34)nc3ccccc23)c1. The highest BCUT2D eigenvalue weighted by Gasteiger charge is 2.19. The molecule has 0 saturated carbocycles. The third-order valence-corrected chi connectivity index (χ3v) is 9.61. The van der Waals surface area contributed by atoms with E-state index in [2.05, 4.69) is 106 Å². The maximum atomic E-state index is 7.56.